The van der Waals surface area contributed by atoms with Gasteiger partial charge in [-0.25, -0.2) is 4.79 Å². The second-order valence-electron chi connectivity index (χ2n) is 9.24. The molecule has 0 saturated carbocycles. The minimum absolute atomic E-state index is 0.292. The summed E-state index contributed by atoms with van der Waals surface area (Å²) in [5, 5.41) is 9.74. The van der Waals surface area contributed by atoms with Crippen molar-refractivity contribution in [1.82, 2.24) is 4.90 Å². The first kappa shape index (κ1) is 28.5. The largest absolute Gasteiger partial charge is 0.480 e. The van der Waals surface area contributed by atoms with Gasteiger partial charge in [0.25, 0.3) is 5.91 Å². The summed E-state index contributed by atoms with van der Waals surface area (Å²) >= 11 is 1.57. The molecule has 1 atom stereocenters. The summed E-state index contributed by atoms with van der Waals surface area (Å²) in [7, 11) is 1.58. The predicted molar refractivity (Wildman–Crippen MR) is 152 cm³/mol. The van der Waals surface area contributed by atoms with Crippen LogP contribution in [0.25, 0.3) is 11.1 Å². The van der Waals surface area contributed by atoms with E-state index in [0.717, 1.165) is 41.5 Å². The topological polar surface area (TPSA) is 66.8 Å². The summed E-state index contributed by atoms with van der Waals surface area (Å²) < 4.78 is 5.97. The fourth-order valence-corrected chi connectivity index (χ4v) is 4.84. The number of benzene rings is 3. The number of ether oxygens (including phenoxy) is 1. The zero-order valence-electron chi connectivity index (χ0n) is 22.0. The molecule has 0 radical (unpaired) electrons. The number of rotatable bonds is 14. The molecular formula is C31H37NO4S. The Morgan fingerprint density at radius 1 is 0.946 bits per heavy atom. The van der Waals surface area contributed by atoms with Crippen molar-refractivity contribution in [3.63, 3.8) is 0 Å². The first-order valence-corrected chi connectivity index (χ1v) is 14.1. The number of nitrogens with zero attached hydrogens (tertiary/aromatic N) is 1. The minimum atomic E-state index is -0.986. The SMILES string of the molecule is CSCCC(C(=O)O)N(C)C(=O)c1ccc(COCCCCc2ccccc2)cc1-c1ccccc1C. The third-order valence-corrected chi connectivity index (χ3v) is 7.18. The molecule has 0 bridgehead atoms. The summed E-state index contributed by atoms with van der Waals surface area (Å²) in [4.78, 5) is 26.8. The number of amides is 1. The third kappa shape index (κ3) is 8.20. The van der Waals surface area contributed by atoms with Gasteiger partial charge in [0.2, 0.25) is 0 Å². The molecule has 1 amide bonds. The summed E-state index contributed by atoms with van der Waals surface area (Å²) in [5.41, 5.74) is 5.63. The second-order valence-corrected chi connectivity index (χ2v) is 10.2. The lowest BCUT2D eigenvalue weighted by atomic mass is 9.93. The van der Waals surface area contributed by atoms with E-state index in [9.17, 15) is 14.7 Å². The second kappa shape index (κ2) is 14.6. The molecule has 1 N–H and O–H groups in total. The van der Waals surface area contributed by atoms with Crippen LogP contribution in [-0.2, 0) is 22.6 Å². The molecule has 0 aromatic heterocycles. The molecule has 0 aliphatic heterocycles. The van der Waals surface area contributed by atoms with Crippen LogP contribution in [0.4, 0.5) is 0 Å². The van der Waals surface area contributed by atoms with Crippen molar-refractivity contribution < 1.29 is 19.4 Å². The lowest BCUT2D eigenvalue weighted by molar-refractivity contribution is -0.142. The van der Waals surface area contributed by atoms with Crippen LogP contribution >= 0.6 is 11.8 Å². The zero-order valence-corrected chi connectivity index (χ0v) is 22.8. The van der Waals surface area contributed by atoms with Crippen LogP contribution < -0.4 is 0 Å². The Morgan fingerprint density at radius 3 is 2.38 bits per heavy atom. The van der Waals surface area contributed by atoms with Gasteiger partial charge in [0.05, 0.1) is 6.61 Å². The maximum Gasteiger partial charge on any atom is 0.326 e. The van der Waals surface area contributed by atoms with Crippen molar-refractivity contribution in [3.8, 4) is 11.1 Å². The van der Waals surface area contributed by atoms with Gasteiger partial charge in [-0.3, -0.25) is 4.79 Å². The van der Waals surface area contributed by atoms with Crippen LogP contribution in [0.1, 0.15) is 46.3 Å². The van der Waals surface area contributed by atoms with Gasteiger partial charge >= 0.3 is 5.97 Å². The number of carboxylic acids is 1. The van der Waals surface area contributed by atoms with Gasteiger partial charge in [-0.05, 0) is 84.6 Å². The van der Waals surface area contributed by atoms with Crippen LogP contribution in [0, 0.1) is 6.92 Å². The Bertz CT molecular complexity index is 1160. The van der Waals surface area contributed by atoms with E-state index in [1.807, 2.05) is 61.7 Å². The van der Waals surface area contributed by atoms with Gasteiger partial charge in [0.1, 0.15) is 6.04 Å². The van der Waals surface area contributed by atoms with Gasteiger partial charge in [0.15, 0.2) is 0 Å². The van der Waals surface area contributed by atoms with Gasteiger partial charge in [0, 0.05) is 19.2 Å². The average Bonchev–Trinajstić information content (AvgIpc) is 2.91. The highest BCUT2D eigenvalue weighted by molar-refractivity contribution is 7.98. The highest BCUT2D eigenvalue weighted by Crippen LogP contribution is 2.30. The van der Waals surface area contributed by atoms with E-state index < -0.39 is 12.0 Å². The lowest BCUT2D eigenvalue weighted by Crippen LogP contribution is -2.43. The highest BCUT2D eigenvalue weighted by Gasteiger charge is 2.28. The van der Waals surface area contributed by atoms with Crippen molar-refractivity contribution in [3.05, 3.63) is 95.1 Å². The summed E-state index contributed by atoms with van der Waals surface area (Å²) in [5.74, 6) is -0.610. The van der Waals surface area contributed by atoms with E-state index >= 15 is 0 Å². The van der Waals surface area contributed by atoms with E-state index in [-0.39, 0.29) is 5.91 Å². The number of aryl methyl sites for hydroxylation is 2. The van der Waals surface area contributed by atoms with Gasteiger partial charge < -0.3 is 14.7 Å². The van der Waals surface area contributed by atoms with Crippen LogP contribution in [0.3, 0.4) is 0 Å². The minimum Gasteiger partial charge on any atom is -0.480 e. The summed E-state index contributed by atoms with van der Waals surface area (Å²) in [6.45, 7) is 3.15. The van der Waals surface area contributed by atoms with Crippen molar-refractivity contribution in [1.29, 1.82) is 0 Å². The fraction of sp³-hybridized carbons (Fsp3) is 0.355. The molecule has 3 aromatic carbocycles. The molecule has 0 fully saturated rings. The maximum atomic E-state index is 13.5. The number of hydrogen-bond donors (Lipinski definition) is 1. The Balaban J connectivity index is 1.73. The fourth-order valence-electron chi connectivity index (χ4n) is 4.38. The van der Waals surface area contributed by atoms with E-state index in [4.69, 9.17) is 4.74 Å². The number of aliphatic carboxylic acids is 1. The van der Waals surface area contributed by atoms with Crippen LogP contribution in [0.5, 0.6) is 0 Å². The predicted octanol–water partition coefficient (Wildman–Crippen LogP) is 6.48. The standard InChI is InChI=1S/C31H37NO4S/c1-23-11-7-8-15-26(23)28-21-25(22-36-19-10-9-14-24-12-5-4-6-13-24)16-17-27(28)30(33)32(2)29(31(34)35)18-20-37-3/h4-8,11-13,15-17,21,29H,9-10,14,18-20,22H2,1-3H3,(H,34,35). The molecular weight excluding hydrogens is 482 g/mol. The molecule has 3 rings (SSSR count). The molecule has 6 heteroatoms. The Labute approximate surface area is 224 Å². The van der Waals surface area contributed by atoms with Crippen molar-refractivity contribution in [2.45, 2.75) is 45.3 Å². The molecule has 0 aliphatic rings. The Morgan fingerprint density at radius 2 is 1.68 bits per heavy atom. The first-order chi connectivity index (χ1) is 17.9. The molecule has 196 valence electrons. The monoisotopic (exact) mass is 519 g/mol. The number of carboxylic acid groups (broad SMARTS) is 1. The molecule has 37 heavy (non-hydrogen) atoms. The van der Waals surface area contributed by atoms with Crippen LogP contribution in [-0.4, -0.2) is 53.6 Å². The van der Waals surface area contributed by atoms with Gasteiger partial charge in [-0.15, -0.1) is 0 Å². The number of carbonyl (C=O) groups is 2. The Kier molecular flexibility index (Phi) is 11.2. The van der Waals surface area contributed by atoms with Crippen molar-refractivity contribution >= 4 is 23.6 Å². The maximum absolute atomic E-state index is 13.5. The van der Waals surface area contributed by atoms with E-state index in [2.05, 4.69) is 24.3 Å². The number of carbonyl (C=O) groups excluding carboxylic acids is 1. The van der Waals surface area contributed by atoms with E-state index in [1.165, 1.54) is 10.5 Å². The van der Waals surface area contributed by atoms with E-state index in [1.54, 1.807) is 18.8 Å². The van der Waals surface area contributed by atoms with Crippen LogP contribution in [0.2, 0.25) is 0 Å². The Hall–Kier alpha value is -3.09. The first-order valence-electron chi connectivity index (χ1n) is 12.7. The normalized spacial score (nSPS) is 11.8. The molecule has 3 aromatic rings. The zero-order chi connectivity index (χ0) is 26.6. The molecule has 5 nitrogen and oxygen atoms in total. The number of likely N-dealkylation sites (N-methyl/N-ethyl adjacent to an activating group) is 1. The van der Waals surface area contributed by atoms with E-state index in [0.29, 0.717) is 31.0 Å². The summed E-state index contributed by atoms with van der Waals surface area (Å²) in [6.07, 6.45) is 5.42. The van der Waals surface area contributed by atoms with Crippen molar-refractivity contribution in [2.75, 3.05) is 25.7 Å². The number of unbranched alkanes of at least 4 members (excludes halogenated alkanes) is 1. The van der Waals surface area contributed by atoms with Gasteiger partial charge in [-0.2, -0.15) is 11.8 Å². The number of hydrogen-bond acceptors (Lipinski definition) is 4. The number of thioether (sulfide) groups is 1. The lowest BCUT2D eigenvalue weighted by Gasteiger charge is -2.26. The van der Waals surface area contributed by atoms with Gasteiger partial charge in [-0.1, -0.05) is 60.7 Å². The molecule has 0 heterocycles. The van der Waals surface area contributed by atoms with Crippen LogP contribution in [0.15, 0.2) is 72.8 Å². The summed E-state index contributed by atoms with van der Waals surface area (Å²) in [6, 6.07) is 23.2. The van der Waals surface area contributed by atoms with Crippen molar-refractivity contribution in [2.24, 2.45) is 0 Å². The quantitative estimate of drug-likeness (QED) is 0.247. The smallest absolute Gasteiger partial charge is 0.326 e. The molecule has 0 saturated heterocycles. The highest BCUT2D eigenvalue weighted by atomic mass is 32.2. The average molecular weight is 520 g/mol. The molecule has 0 aliphatic carbocycles. The molecule has 0 spiro atoms. The molecule has 1 unspecified atom stereocenters. The third-order valence-electron chi connectivity index (χ3n) is 6.53.